The van der Waals surface area contributed by atoms with Crippen molar-refractivity contribution in [2.75, 3.05) is 7.05 Å². The lowest BCUT2D eigenvalue weighted by atomic mass is 10.1. The summed E-state index contributed by atoms with van der Waals surface area (Å²) < 4.78 is 14.5. The largest absolute Gasteiger partial charge is 0.335 e. The van der Waals surface area contributed by atoms with Crippen LogP contribution in [0.3, 0.4) is 0 Å². The summed E-state index contributed by atoms with van der Waals surface area (Å²) >= 11 is 7.61. The van der Waals surface area contributed by atoms with Gasteiger partial charge in [0.25, 0.3) is 5.91 Å². The zero-order valence-corrected chi connectivity index (χ0v) is 14.2. The van der Waals surface area contributed by atoms with Crippen LogP contribution in [0.5, 0.6) is 0 Å². The molecule has 0 bridgehead atoms. The molecule has 0 fully saturated rings. The van der Waals surface area contributed by atoms with Crippen LogP contribution in [0.15, 0.2) is 51.8 Å². The van der Waals surface area contributed by atoms with Crippen LogP contribution in [0.2, 0.25) is 0 Å². The Labute approximate surface area is 137 Å². The molecule has 0 aliphatic heterocycles. The zero-order valence-electron chi connectivity index (χ0n) is 11.7. The van der Waals surface area contributed by atoms with Crippen molar-refractivity contribution >= 4 is 34.5 Å². The molecule has 0 aliphatic rings. The Morgan fingerprint density at radius 1 is 1.29 bits per heavy atom. The van der Waals surface area contributed by atoms with Crippen molar-refractivity contribution in [1.29, 1.82) is 0 Å². The Bertz CT molecular complexity index is 677. The highest BCUT2D eigenvalue weighted by Gasteiger charge is 2.22. The fourth-order valence-electron chi connectivity index (χ4n) is 2.07. The van der Waals surface area contributed by atoms with E-state index in [2.05, 4.69) is 28.6 Å². The van der Waals surface area contributed by atoms with Crippen molar-refractivity contribution in [2.24, 2.45) is 0 Å². The standard InChI is InChI=1S/C16H15BrFNOS/c1-10(12-5-3-4-6-15(12)18)19(2)16(20)13-9-11(21)7-8-14(13)17/h3-10,21H,1-2H3. The summed E-state index contributed by atoms with van der Waals surface area (Å²) in [5.74, 6) is -0.500. The van der Waals surface area contributed by atoms with E-state index in [0.717, 1.165) is 0 Å². The zero-order chi connectivity index (χ0) is 15.6. The molecule has 0 spiro atoms. The monoisotopic (exact) mass is 367 g/mol. The van der Waals surface area contributed by atoms with Gasteiger partial charge in [-0.15, -0.1) is 12.6 Å². The molecule has 1 atom stereocenters. The maximum Gasteiger partial charge on any atom is 0.255 e. The van der Waals surface area contributed by atoms with Crippen molar-refractivity contribution in [3.63, 3.8) is 0 Å². The van der Waals surface area contributed by atoms with E-state index in [-0.39, 0.29) is 17.8 Å². The molecule has 1 unspecified atom stereocenters. The van der Waals surface area contributed by atoms with Crippen molar-refractivity contribution in [3.8, 4) is 0 Å². The third kappa shape index (κ3) is 3.47. The van der Waals surface area contributed by atoms with E-state index in [1.807, 2.05) is 0 Å². The Balaban J connectivity index is 2.31. The molecule has 2 rings (SSSR count). The number of carbonyl (C=O) groups excluding carboxylic acids is 1. The quantitative estimate of drug-likeness (QED) is 0.778. The molecule has 0 aromatic heterocycles. The highest BCUT2D eigenvalue weighted by Crippen LogP contribution is 2.26. The molecule has 0 aliphatic carbocycles. The summed E-state index contributed by atoms with van der Waals surface area (Å²) in [6, 6.07) is 11.4. The highest BCUT2D eigenvalue weighted by atomic mass is 79.9. The molecule has 0 saturated carbocycles. The highest BCUT2D eigenvalue weighted by molar-refractivity contribution is 9.10. The predicted octanol–water partition coefficient (Wildman–Crippen LogP) is 4.71. The third-order valence-electron chi connectivity index (χ3n) is 3.44. The molecule has 2 aromatic carbocycles. The summed E-state index contributed by atoms with van der Waals surface area (Å²) in [6.45, 7) is 1.80. The molecule has 0 saturated heterocycles. The fraction of sp³-hybridized carbons (Fsp3) is 0.188. The van der Waals surface area contributed by atoms with Crippen LogP contribution in [-0.2, 0) is 0 Å². The number of hydrogen-bond acceptors (Lipinski definition) is 2. The van der Waals surface area contributed by atoms with Crippen molar-refractivity contribution < 1.29 is 9.18 Å². The van der Waals surface area contributed by atoms with E-state index in [0.29, 0.717) is 20.5 Å². The summed E-state index contributed by atoms with van der Waals surface area (Å²) in [4.78, 5) is 14.8. The minimum atomic E-state index is -0.367. The van der Waals surface area contributed by atoms with Gasteiger partial charge in [0.15, 0.2) is 0 Å². The van der Waals surface area contributed by atoms with Crippen molar-refractivity contribution in [1.82, 2.24) is 4.90 Å². The maximum atomic E-state index is 13.9. The second kappa shape index (κ2) is 6.62. The predicted molar refractivity (Wildman–Crippen MR) is 88.3 cm³/mol. The van der Waals surface area contributed by atoms with Crippen LogP contribution in [0.1, 0.15) is 28.9 Å². The lowest BCUT2D eigenvalue weighted by Gasteiger charge is -2.26. The molecule has 1 amide bonds. The summed E-state index contributed by atoms with van der Waals surface area (Å²) in [5, 5.41) is 0. The molecule has 2 aromatic rings. The third-order valence-corrected chi connectivity index (χ3v) is 4.41. The first-order valence-corrected chi connectivity index (χ1v) is 7.66. The van der Waals surface area contributed by atoms with Gasteiger partial charge in [-0.05, 0) is 47.1 Å². The van der Waals surface area contributed by atoms with Gasteiger partial charge in [0, 0.05) is 22.0 Å². The molecule has 2 nitrogen and oxygen atoms in total. The van der Waals surface area contributed by atoms with Crippen LogP contribution < -0.4 is 0 Å². The molecular formula is C16H15BrFNOS. The van der Waals surface area contributed by atoms with Crippen LogP contribution in [0.4, 0.5) is 4.39 Å². The number of rotatable bonds is 3. The Morgan fingerprint density at radius 2 is 1.95 bits per heavy atom. The first-order chi connectivity index (χ1) is 9.91. The van der Waals surface area contributed by atoms with Gasteiger partial charge in [-0.3, -0.25) is 4.79 Å². The fourth-order valence-corrected chi connectivity index (χ4v) is 2.69. The van der Waals surface area contributed by atoms with Gasteiger partial charge in [0.2, 0.25) is 0 Å². The molecule has 110 valence electrons. The van der Waals surface area contributed by atoms with E-state index in [9.17, 15) is 9.18 Å². The van der Waals surface area contributed by atoms with E-state index < -0.39 is 0 Å². The van der Waals surface area contributed by atoms with Crippen molar-refractivity contribution in [3.05, 3.63) is 63.9 Å². The van der Waals surface area contributed by atoms with Crippen LogP contribution in [0.25, 0.3) is 0 Å². The van der Waals surface area contributed by atoms with Crippen LogP contribution >= 0.6 is 28.6 Å². The molecular weight excluding hydrogens is 353 g/mol. The van der Waals surface area contributed by atoms with Gasteiger partial charge in [0.1, 0.15) is 5.82 Å². The Morgan fingerprint density at radius 3 is 2.62 bits per heavy atom. The first kappa shape index (κ1) is 16.0. The van der Waals surface area contributed by atoms with Gasteiger partial charge >= 0.3 is 0 Å². The van der Waals surface area contributed by atoms with Gasteiger partial charge in [-0.25, -0.2) is 4.39 Å². The van der Waals surface area contributed by atoms with Gasteiger partial charge in [-0.2, -0.15) is 0 Å². The van der Waals surface area contributed by atoms with E-state index >= 15 is 0 Å². The number of halogens is 2. The summed E-state index contributed by atoms with van der Waals surface area (Å²) in [7, 11) is 1.66. The molecule has 5 heteroatoms. The van der Waals surface area contributed by atoms with Crippen LogP contribution in [-0.4, -0.2) is 17.9 Å². The van der Waals surface area contributed by atoms with Gasteiger partial charge in [0.05, 0.1) is 11.6 Å². The van der Waals surface area contributed by atoms with Crippen LogP contribution in [0, 0.1) is 5.82 Å². The average molecular weight is 368 g/mol. The lowest BCUT2D eigenvalue weighted by molar-refractivity contribution is 0.0739. The SMILES string of the molecule is CC(c1ccccc1F)N(C)C(=O)c1cc(S)ccc1Br. The number of nitrogens with zero attached hydrogens (tertiary/aromatic N) is 1. The van der Waals surface area contributed by atoms with E-state index in [4.69, 9.17) is 0 Å². The smallest absolute Gasteiger partial charge is 0.255 e. The number of hydrogen-bond donors (Lipinski definition) is 1. The number of amides is 1. The minimum Gasteiger partial charge on any atom is -0.335 e. The first-order valence-electron chi connectivity index (χ1n) is 6.42. The average Bonchev–Trinajstić information content (AvgIpc) is 2.48. The number of carbonyl (C=O) groups is 1. The molecule has 0 N–H and O–H groups in total. The Kier molecular flexibility index (Phi) is 5.06. The summed E-state index contributed by atoms with van der Waals surface area (Å²) in [5.41, 5.74) is 1.000. The number of thiol groups is 1. The van der Waals surface area contributed by atoms with Crippen molar-refractivity contribution in [2.45, 2.75) is 17.9 Å². The van der Waals surface area contributed by atoms with Gasteiger partial charge in [-0.1, -0.05) is 18.2 Å². The number of benzene rings is 2. The van der Waals surface area contributed by atoms with E-state index in [1.54, 1.807) is 50.4 Å². The normalized spacial score (nSPS) is 12.0. The van der Waals surface area contributed by atoms with E-state index in [1.165, 1.54) is 11.0 Å². The van der Waals surface area contributed by atoms with Gasteiger partial charge < -0.3 is 4.90 Å². The topological polar surface area (TPSA) is 20.3 Å². The maximum absolute atomic E-state index is 13.9. The lowest BCUT2D eigenvalue weighted by Crippen LogP contribution is -2.30. The molecule has 21 heavy (non-hydrogen) atoms. The second-order valence-corrected chi connectivity index (χ2v) is 6.15. The molecule has 0 heterocycles. The summed E-state index contributed by atoms with van der Waals surface area (Å²) in [6.07, 6.45) is 0. The second-order valence-electron chi connectivity index (χ2n) is 4.78. The Hall–Kier alpha value is -1.33. The molecule has 0 radical (unpaired) electrons. The minimum absolute atomic E-state index is 0.187.